The average Bonchev–Trinajstić information content (AvgIpc) is 2.25. The zero-order chi connectivity index (χ0) is 12.6. The van der Waals surface area contributed by atoms with Gasteiger partial charge in [-0.2, -0.15) is 11.8 Å². The van der Waals surface area contributed by atoms with Crippen LogP contribution in [0, 0.1) is 0 Å². The van der Waals surface area contributed by atoms with Crippen LogP contribution in [0.5, 0.6) is 0 Å². The zero-order valence-electron chi connectivity index (χ0n) is 10.5. The van der Waals surface area contributed by atoms with E-state index in [4.69, 9.17) is 9.84 Å². The van der Waals surface area contributed by atoms with Gasteiger partial charge in [0, 0.05) is 11.3 Å². The number of ether oxygens (including phenoxy) is 1. The lowest BCUT2D eigenvalue weighted by atomic mass is 10.2. The summed E-state index contributed by atoms with van der Waals surface area (Å²) in [6.07, 6.45) is 0.722. The molecule has 0 saturated heterocycles. The van der Waals surface area contributed by atoms with Crippen LogP contribution in [0.1, 0.15) is 27.2 Å². The summed E-state index contributed by atoms with van der Waals surface area (Å²) in [6, 6.07) is 0.00718. The van der Waals surface area contributed by atoms with Gasteiger partial charge in [-0.25, -0.2) is 0 Å². The Kier molecular flexibility index (Phi) is 8.70. The molecule has 16 heavy (non-hydrogen) atoms. The average molecular weight is 249 g/mol. The SMILES string of the molecule is COC(=O)C(CCSC(C)CO)NC(C)C. The van der Waals surface area contributed by atoms with Crippen molar-refractivity contribution in [1.82, 2.24) is 5.32 Å². The van der Waals surface area contributed by atoms with Gasteiger partial charge in [0.05, 0.1) is 13.7 Å². The highest BCUT2D eigenvalue weighted by molar-refractivity contribution is 7.99. The third-order valence-corrected chi connectivity index (χ3v) is 3.28. The Morgan fingerprint density at radius 3 is 2.50 bits per heavy atom. The van der Waals surface area contributed by atoms with Gasteiger partial charge in [0.15, 0.2) is 0 Å². The van der Waals surface area contributed by atoms with Crippen LogP contribution in [0.2, 0.25) is 0 Å². The molecule has 0 radical (unpaired) electrons. The molecule has 2 N–H and O–H groups in total. The van der Waals surface area contributed by atoms with E-state index in [2.05, 4.69) is 5.32 Å². The van der Waals surface area contributed by atoms with Crippen LogP contribution in [-0.2, 0) is 9.53 Å². The monoisotopic (exact) mass is 249 g/mol. The molecule has 2 unspecified atom stereocenters. The van der Waals surface area contributed by atoms with Gasteiger partial charge in [0.25, 0.3) is 0 Å². The largest absolute Gasteiger partial charge is 0.468 e. The number of hydrogen-bond acceptors (Lipinski definition) is 5. The molecular formula is C11H23NO3S. The van der Waals surface area contributed by atoms with E-state index in [1.54, 1.807) is 11.8 Å². The first kappa shape index (κ1) is 15.7. The van der Waals surface area contributed by atoms with E-state index in [0.29, 0.717) is 0 Å². The second kappa shape index (κ2) is 8.84. The third-order valence-electron chi connectivity index (χ3n) is 2.09. The first-order valence-electron chi connectivity index (χ1n) is 5.57. The van der Waals surface area contributed by atoms with Gasteiger partial charge >= 0.3 is 5.97 Å². The van der Waals surface area contributed by atoms with Gasteiger partial charge in [-0.3, -0.25) is 4.79 Å². The molecule has 0 bridgehead atoms. The molecule has 0 spiro atoms. The summed E-state index contributed by atoms with van der Waals surface area (Å²) in [5.41, 5.74) is 0. The minimum atomic E-state index is -0.247. The van der Waals surface area contributed by atoms with Crippen molar-refractivity contribution in [3.63, 3.8) is 0 Å². The fraction of sp³-hybridized carbons (Fsp3) is 0.909. The second-order valence-electron chi connectivity index (χ2n) is 4.05. The molecule has 0 aromatic rings. The minimum absolute atomic E-state index is 0.172. The van der Waals surface area contributed by atoms with Crippen molar-refractivity contribution < 1.29 is 14.6 Å². The lowest BCUT2D eigenvalue weighted by molar-refractivity contribution is -0.143. The Labute approximate surface area is 102 Å². The number of hydrogen-bond donors (Lipinski definition) is 2. The number of carbonyl (C=O) groups is 1. The van der Waals surface area contributed by atoms with Gasteiger partial charge in [0.2, 0.25) is 0 Å². The fourth-order valence-electron chi connectivity index (χ4n) is 1.25. The summed E-state index contributed by atoms with van der Waals surface area (Å²) < 4.78 is 4.74. The van der Waals surface area contributed by atoms with Crippen molar-refractivity contribution in [1.29, 1.82) is 0 Å². The minimum Gasteiger partial charge on any atom is -0.468 e. The summed E-state index contributed by atoms with van der Waals surface area (Å²) in [4.78, 5) is 11.4. The van der Waals surface area contributed by atoms with Crippen LogP contribution in [-0.4, -0.2) is 47.9 Å². The van der Waals surface area contributed by atoms with E-state index in [-0.39, 0.29) is 29.9 Å². The Balaban J connectivity index is 3.97. The number of nitrogens with one attached hydrogen (secondary N) is 1. The molecule has 0 aromatic carbocycles. The molecule has 0 aliphatic rings. The molecule has 0 aliphatic carbocycles. The molecular weight excluding hydrogens is 226 g/mol. The Morgan fingerprint density at radius 1 is 1.44 bits per heavy atom. The van der Waals surface area contributed by atoms with Gasteiger partial charge < -0.3 is 15.2 Å². The first-order chi connectivity index (χ1) is 7.51. The first-order valence-corrected chi connectivity index (χ1v) is 6.62. The highest BCUT2D eigenvalue weighted by Gasteiger charge is 2.19. The summed E-state index contributed by atoms with van der Waals surface area (Å²) in [5.74, 6) is 0.618. The van der Waals surface area contributed by atoms with Crippen LogP contribution in [0.25, 0.3) is 0 Å². The van der Waals surface area contributed by atoms with E-state index in [0.717, 1.165) is 12.2 Å². The van der Waals surface area contributed by atoms with Crippen molar-refractivity contribution in [2.45, 2.75) is 44.5 Å². The summed E-state index contributed by atoms with van der Waals surface area (Å²) >= 11 is 1.66. The normalized spacial score (nSPS) is 14.9. The number of esters is 1. The van der Waals surface area contributed by atoms with Crippen LogP contribution in [0.3, 0.4) is 0 Å². The van der Waals surface area contributed by atoms with Crippen molar-refractivity contribution in [2.75, 3.05) is 19.5 Å². The molecule has 2 atom stereocenters. The lowest BCUT2D eigenvalue weighted by Crippen LogP contribution is -2.42. The number of aliphatic hydroxyl groups is 1. The molecule has 0 fully saturated rings. The Morgan fingerprint density at radius 2 is 2.06 bits per heavy atom. The van der Waals surface area contributed by atoms with E-state index < -0.39 is 0 Å². The molecule has 96 valence electrons. The van der Waals surface area contributed by atoms with Crippen molar-refractivity contribution in [3.8, 4) is 0 Å². The maximum atomic E-state index is 11.4. The molecule has 0 amide bonds. The standard InChI is InChI=1S/C11H23NO3S/c1-8(2)12-10(11(14)15-4)5-6-16-9(3)7-13/h8-10,12-13H,5-7H2,1-4H3. The highest BCUT2D eigenvalue weighted by atomic mass is 32.2. The third kappa shape index (κ3) is 7.09. The molecule has 5 heteroatoms. The number of methoxy groups -OCH3 is 1. The van der Waals surface area contributed by atoms with Crippen molar-refractivity contribution in [2.24, 2.45) is 0 Å². The number of carbonyl (C=O) groups excluding carboxylic acids is 1. The lowest BCUT2D eigenvalue weighted by Gasteiger charge is -2.19. The molecule has 0 saturated carbocycles. The quantitative estimate of drug-likeness (QED) is 0.629. The number of rotatable bonds is 8. The maximum Gasteiger partial charge on any atom is 0.322 e. The molecule has 0 aliphatic heterocycles. The Hall–Kier alpha value is -0.260. The molecule has 0 heterocycles. The van der Waals surface area contributed by atoms with E-state index >= 15 is 0 Å². The number of thioether (sulfide) groups is 1. The van der Waals surface area contributed by atoms with Gasteiger partial charge in [0.1, 0.15) is 6.04 Å². The van der Waals surface area contributed by atoms with Gasteiger partial charge in [-0.15, -0.1) is 0 Å². The molecule has 0 aromatic heterocycles. The van der Waals surface area contributed by atoms with Crippen LogP contribution >= 0.6 is 11.8 Å². The Bertz CT molecular complexity index is 200. The van der Waals surface area contributed by atoms with Gasteiger partial charge in [-0.1, -0.05) is 20.8 Å². The molecule has 4 nitrogen and oxygen atoms in total. The topological polar surface area (TPSA) is 58.6 Å². The van der Waals surface area contributed by atoms with E-state index in [1.165, 1.54) is 7.11 Å². The fourth-order valence-corrected chi connectivity index (χ4v) is 2.13. The zero-order valence-corrected chi connectivity index (χ0v) is 11.3. The van der Waals surface area contributed by atoms with Crippen LogP contribution in [0.4, 0.5) is 0 Å². The second-order valence-corrected chi connectivity index (χ2v) is 5.60. The van der Waals surface area contributed by atoms with Crippen molar-refractivity contribution in [3.05, 3.63) is 0 Å². The predicted molar refractivity (Wildman–Crippen MR) is 67.7 cm³/mol. The smallest absolute Gasteiger partial charge is 0.322 e. The van der Waals surface area contributed by atoms with Crippen LogP contribution in [0.15, 0.2) is 0 Å². The summed E-state index contributed by atoms with van der Waals surface area (Å²) in [7, 11) is 1.40. The van der Waals surface area contributed by atoms with Gasteiger partial charge in [-0.05, 0) is 12.2 Å². The van der Waals surface area contributed by atoms with E-state index in [9.17, 15) is 4.79 Å². The van der Waals surface area contributed by atoms with Crippen LogP contribution < -0.4 is 5.32 Å². The van der Waals surface area contributed by atoms with E-state index in [1.807, 2.05) is 20.8 Å². The molecule has 0 rings (SSSR count). The predicted octanol–water partition coefficient (Wildman–Crippen LogP) is 1.03. The number of aliphatic hydroxyl groups excluding tert-OH is 1. The summed E-state index contributed by atoms with van der Waals surface area (Å²) in [6.45, 7) is 6.14. The maximum absolute atomic E-state index is 11.4. The highest BCUT2D eigenvalue weighted by Crippen LogP contribution is 2.12. The van der Waals surface area contributed by atoms with Crippen molar-refractivity contribution >= 4 is 17.7 Å². The summed E-state index contributed by atoms with van der Waals surface area (Å²) in [5, 5.41) is 12.3.